The van der Waals surface area contributed by atoms with Gasteiger partial charge in [0.15, 0.2) is 17.5 Å². The van der Waals surface area contributed by atoms with Crippen LogP contribution in [0.1, 0.15) is 37.3 Å². The van der Waals surface area contributed by atoms with E-state index in [1.165, 1.54) is 50.0 Å². The van der Waals surface area contributed by atoms with Gasteiger partial charge in [0.05, 0.1) is 14.2 Å². The minimum absolute atomic E-state index is 0.762. The maximum Gasteiger partial charge on any atom is 0.193 e. The third kappa shape index (κ3) is 6.03. The van der Waals surface area contributed by atoms with Gasteiger partial charge in [0.1, 0.15) is 0 Å². The molecule has 6 heteroatoms. The molecule has 0 radical (unpaired) electrons. The van der Waals surface area contributed by atoms with E-state index in [2.05, 4.69) is 47.1 Å². The number of likely N-dealkylation sites (tertiary alicyclic amines) is 1. The summed E-state index contributed by atoms with van der Waals surface area (Å²) < 4.78 is 10.8. The zero-order chi connectivity index (χ0) is 20.5. The Bertz CT molecular complexity index is 640. The lowest BCUT2D eigenvalue weighted by molar-refractivity contribution is 0.187. The first-order valence-electron chi connectivity index (χ1n) is 10.4. The number of aliphatic imine (C=N–C) groups is 1. The molecule has 0 amide bonds. The van der Waals surface area contributed by atoms with E-state index in [1.54, 1.807) is 14.2 Å². The molecule has 6 nitrogen and oxygen atoms in total. The number of piperidine rings is 1. The molecule has 158 valence electrons. The number of hydrogen-bond acceptors (Lipinski definition) is 4. The van der Waals surface area contributed by atoms with Gasteiger partial charge >= 0.3 is 0 Å². The van der Waals surface area contributed by atoms with Gasteiger partial charge in [0, 0.05) is 27.2 Å². The summed E-state index contributed by atoms with van der Waals surface area (Å²) in [6.45, 7) is 9.76. The summed E-state index contributed by atoms with van der Waals surface area (Å²) in [4.78, 5) is 9.17. The molecule has 1 fully saturated rings. The van der Waals surface area contributed by atoms with Crippen LogP contribution in [0.15, 0.2) is 17.1 Å². The molecule has 0 aliphatic carbocycles. The van der Waals surface area contributed by atoms with E-state index in [9.17, 15) is 0 Å². The van der Waals surface area contributed by atoms with Crippen molar-refractivity contribution in [2.45, 2.75) is 39.7 Å². The molecule has 0 spiro atoms. The first kappa shape index (κ1) is 22.3. The van der Waals surface area contributed by atoms with Crippen LogP contribution in [0, 0.1) is 12.8 Å². The Kier molecular flexibility index (Phi) is 8.90. The Labute approximate surface area is 170 Å². The molecule has 1 saturated heterocycles. The van der Waals surface area contributed by atoms with Crippen molar-refractivity contribution in [3.8, 4) is 11.5 Å². The fraction of sp³-hybridized carbons (Fsp3) is 0.682. The maximum absolute atomic E-state index is 5.46. The zero-order valence-corrected chi connectivity index (χ0v) is 18.5. The average molecular weight is 391 g/mol. The minimum atomic E-state index is 0.762. The SMILES string of the molecule is CCN1CCC(CCNC(=NC)N(C)Cc2cc(OC)c(OC)cc2C)CC1. The van der Waals surface area contributed by atoms with Gasteiger partial charge in [-0.05, 0) is 75.0 Å². The quantitative estimate of drug-likeness (QED) is 0.546. The van der Waals surface area contributed by atoms with E-state index >= 15 is 0 Å². The molecular formula is C22H38N4O2. The lowest BCUT2D eigenvalue weighted by Crippen LogP contribution is -2.40. The summed E-state index contributed by atoms with van der Waals surface area (Å²) in [5.41, 5.74) is 2.39. The lowest BCUT2D eigenvalue weighted by atomic mass is 9.93. The van der Waals surface area contributed by atoms with Gasteiger partial charge in [0.2, 0.25) is 0 Å². The number of benzene rings is 1. The van der Waals surface area contributed by atoms with E-state index in [-0.39, 0.29) is 0 Å². The number of aryl methyl sites for hydroxylation is 1. The van der Waals surface area contributed by atoms with Crippen LogP contribution in [-0.4, -0.2) is 70.3 Å². The number of guanidine groups is 1. The van der Waals surface area contributed by atoms with Gasteiger partial charge in [-0.1, -0.05) is 6.92 Å². The molecule has 0 bridgehead atoms. The monoisotopic (exact) mass is 390 g/mol. The van der Waals surface area contributed by atoms with Crippen LogP contribution in [0.3, 0.4) is 0 Å². The number of nitrogens with one attached hydrogen (secondary N) is 1. The summed E-state index contributed by atoms with van der Waals surface area (Å²) in [6, 6.07) is 4.08. The molecule has 0 saturated carbocycles. The van der Waals surface area contributed by atoms with Crippen LogP contribution in [-0.2, 0) is 6.54 Å². The molecule has 1 aromatic carbocycles. The summed E-state index contributed by atoms with van der Waals surface area (Å²) in [5, 5.41) is 3.54. The standard InChI is InChI=1S/C22H38N4O2/c1-7-26-12-9-18(10-13-26)8-11-24-22(23-3)25(4)16-19-15-21(28-6)20(27-5)14-17(19)2/h14-15,18H,7-13,16H2,1-6H3,(H,23,24). The van der Waals surface area contributed by atoms with Crippen LogP contribution >= 0.6 is 0 Å². The number of hydrogen-bond donors (Lipinski definition) is 1. The Morgan fingerprint density at radius 2 is 1.86 bits per heavy atom. The largest absolute Gasteiger partial charge is 0.493 e. The number of nitrogens with zero attached hydrogens (tertiary/aromatic N) is 3. The average Bonchev–Trinajstić information content (AvgIpc) is 2.72. The summed E-state index contributed by atoms with van der Waals surface area (Å²) >= 11 is 0. The maximum atomic E-state index is 5.46. The molecule has 28 heavy (non-hydrogen) atoms. The number of rotatable bonds is 8. The predicted molar refractivity (Wildman–Crippen MR) is 117 cm³/mol. The van der Waals surface area contributed by atoms with Crippen LogP contribution in [0.2, 0.25) is 0 Å². The summed E-state index contributed by atoms with van der Waals surface area (Å²) in [7, 11) is 7.26. The zero-order valence-electron chi connectivity index (χ0n) is 18.5. The summed E-state index contributed by atoms with van der Waals surface area (Å²) in [5.74, 6) is 3.29. The molecule has 1 aliphatic heterocycles. The highest BCUT2D eigenvalue weighted by Crippen LogP contribution is 2.30. The van der Waals surface area contributed by atoms with Gasteiger partial charge in [-0.25, -0.2) is 0 Å². The minimum Gasteiger partial charge on any atom is -0.493 e. The van der Waals surface area contributed by atoms with Crippen LogP contribution < -0.4 is 14.8 Å². The van der Waals surface area contributed by atoms with Gasteiger partial charge in [-0.15, -0.1) is 0 Å². The van der Waals surface area contributed by atoms with Crippen molar-refractivity contribution in [3.05, 3.63) is 23.3 Å². The summed E-state index contributed by atoms with van der Waals surface area (Å²) in [6.07, 6.45) is 3.84. The van der Waals surface area contributed by atoms with Crippen LogP contribution in [0.25, 0.3) is 0 Å². The van der Waals surface area contributed by atoms with Crippen molar-refractivity contribution in [1.82, 2.24) is 15.1 Å². The number of ether oxygens (including phenoxy) is 2. The van der Waals surface area contributed by atoms with E-state index in [0.29, 0.717) is 0 Å². The van der Waals surface area contributed by atoms with Crippen molar-refractivity contribution < 1.29 is 9.47 Å². The molecule has 0 aromatic heterocycles. The van der Waals surface area contributed by atoms with E-state index in [0.717, 1.165) is 36.5 Å². The van der Waals surface area contributed by atoms with Gasteiger partial charge in [0.25, 0.3) is 0 Å². The molecule has 1 aliphatic rings. The second kappa shape index (κ2) is 11.1. The Hall–Kier alpha value is -1.95. The number of methoxy groups -OCH3 is 2. The highest BCUT2D eigenvalue weighted by molar-refractivity contribution is 5.79. The van der Waals surface area contributed by atoms with Crippen LogP contribution in [0.5, 0.6) is 11.5 Å². The molecule has 1 heterocycles. The Morgan fingerprint density at radius 1 is 1.21 bits per heavy atom. The van der Waals surface area contributed by atoms with Crippen molar-refractivity contribution in [2.24, 2.45) is 10.9 Å². The van der Waals surface area contributed by atoms with E-state index < -0.39 is 0 Å². The highest BCUT2D eigenvalue weighted by Gasteiger charge is 2.18. The highest BCUT2D eigenvalue weighted by atomic mass is 16.5. The Balaban J connectivity index is 1.87. The van der Waals surface area contributed by atoms with Gasteiger partial charge in [-0.2, -0.15) is 0 Å². The third-order valence-electron chi connectivity index (χ3n) is 5.81. The van der Waals surface area contributed by atoms with Gasteiger partial charge in [-0.3, -0.25) is 4.99 Å². The predicted octanol–water partition coefficient (Wildman–Crippen LogP) is 3.14. The molecule has 0 atom stereocenters. The van der Waals surface area contributed by atoms with Crippen molar-refractivity contribution in [3.63, 3.8) is 0 Å². The normalized spacial score (nSPS) is 16.1. The molecule has 2 rings (SSSR count). The topological polar surface area (TPSA) is 49.3 Å². The lowest BCUT2D eigenvalue weighted by Gasteiger charge is -2.31. The second-order valence-electron chi connectivity index (χ2n) is 7.63. The van der Waals surface area contributed by atoms with Crippen molar-refractivity contribution in [1.29, 1.82) is 0 Å². The third-order valence-corrected chi connectivity index (χ3v) is 5.81. The Morgan fingerprint density at radius 3 is 2.43 bits per heavy atom. The first-order chi connectivity index (χ1) is 13.5. The fourth-order valence-corrected chi connectivity index (χ4v) is 3.89. The second-order valence-corrected chi connectivity index (χ2v) is 7.63. The fourth-order valence-electron chi connectivity index (χ4n) is 3.89. The van der Waals surface area contributed by atoms with Crippen molar-refractivity contribution in [2.75, 3.05) is 54.5 Å². The first-order valence-corrected chi connectivity index (χ1v) is 10.4. The molecular weight excluding hydrogens is 352 g/mol. The van der Waals surface area contributed by atoms with Crippen molar-refractivity contribution >= 4 is 5.96 Å². The van der Waals surface area contributed by atoms with Crippen LogP contribution in [0.4, 0.5) is 0 Å². The van der Waals surface area contributed by atoms with E-state index in [4.69, 9.17) is 9.47 Å². The smallest absolute Gasteiger partial charge is 0.193 e. The molecule has 1 aromatic rings. The molecule has 0 unspecified atom stereocenters. The molecule has 1 N–H and O–H groups in total. The van der Waals surface area contributed by atoms with Gasteiger partial charge < -0.3 is 24.6 Å². The van der Waals surface area contributed by atoms with E-state index in [1.807, 2.05) is 13.1 Å².